The van der Waals surface area contributed by atoms with Gasteiger partial charge in [-0.15, -0.1) is 0 Å². The monoisotopic (exact) mass is 234 g/mol. The minimum atomic E-state index is -0.365. The summed E-state index contributed by atoms with van der Waals surface area (Å²) in [5.74, 6) is 0.0208. The van der Waals surface area contributed by atoms with Crippen LogP contribution in [0.1, 0.15) is 30.9 Å². The van der Waals surface area contributed by atoms with Gasteiger partial charge in [0.05, 0.1) is 6.04 Å². The SMILES string of the molecule is CCC[C@@H](N)C(=O)N(C)Cc1ccc(C)cc1. The molecule has 94 valence electrons. The standard InChI is InChI=1S/C14H22N2O/c1-4-5-13(15)14(17)16(3)10-12-8-6-11(2)7-9-12/h6-9,13H,4-5,10,15H2,1-3H3/t13-/m1/s1. The first-order valence-electron chi connectivity index (χ1n) is 6.10. The maximum atomic E-state index is 11.9. The van der Waals surface area contributed by atoms with Gasteiger partial charge in [-0.25, -0.2) is 0 Å². The van der Waals surface area contributed by atoms with Crippen LogP contribution in [0.15, 0.2) is 24.3 Å². The van der Waals surface area contributed by atoms with E-state index in [1.54, 1.807) is 11.9 Å². The van der Waals surface area contributed by atoms with Crippen molar-refractivity contribution in [3.05, 3.63) is 35.4 Å². The summed E-state index contributed by atoms with van der Waals surface area (Å²) in [5, 5.41) is 0. The van der Waals surface area contributed by atoms with Crippen molar-refractivity contribution in [1.82, 2.24) is 4.90 Å². The van der Waals surface area contributed by atoms with Gasteiger partial charge in [0.1, 0.15) is 0 Å². The van der Waals surface area contributed by atoms with Gasteiger partial charge in [0.15, 0.2) is 0 Å². The zero-order valence-electron chi connectivity index (χ0n) is 10.9. The molecule has 0 aromatic heterocycles. The normalized spacial score (nSPS) is 12.2. The van der Waals surface area contributed by atoms with Gasteiger partial charge >= 0.3 is 0 Å². The van der Waals surface area contributed by atoms with Crippen LogP contribution in [0.5, 0.6) is 0 Å². The quantitative estimate of drug-likeness (QED) is 0.848. The highest BCUT2D eigenvalue weighted by Gasteiger charge is 2.16. The molecule has 0 aliphatic heterocycles. The van der Waals surface area contributed by atoms with E-state index in [0.29, 0.717) is 6.54 Å². The molecule has 0 bridgehead atoms. The molecule has 0 fully saturated rings. The van der Waals surface area contributed by atoms with Crippen LogP contribution in [0.25, 0.3) is 0 Å². The van der Waals surface area contributed by atoms with E-state index >= 15 is 0 Å². The Labute approximate surface area is 104 Å². The molecule has 2 N–H and O–H groups in total. The zero-order valence-corrected chi connectivity index (χ0v) is 10.9. The Morgan fingerprint density at radius 3 is 2.47 bits per heavy atom. The maximum absolute atomic E-state index is 11.9. The molecule has 0 spiro atoms. The average Bonchev–Trinajstić information content (AvgIpc) is 2.31. The van der Waals surface area contributed by atoms with E-state index in [1.807, 2.05) is 19.1 Å². The summed E-state index contributed by atoms with van der Waals surface area (Å²) in [6.07, 6.45) is 1.68. The number of carbonyl (C=O) groups is 1. The van der Waals surface area contributed by atoms with Gasteiger partial charge in [0.2, 0.25) is 5.91 Å². The first-order valence-corrected chi connectivity index (χ1v) is 6.10. The second kappa shape index (κ2) is 6.40. The smallest absolute Gasteiger partial charge is 0.239 e. The number of rotatable bonds is 5. The Morgan fingerprint density at radius 1 is 1.35 bits per heavy atom. The predicted molar refractivity (Wildman–Crippen MR) is 70.5 cm³/mol. The molecule has 1 aromatic rings. The molecule has 17 heavy (non-hydrogen) atoms. The van der Waals surface area contributed by atoms with Crippen LogP contribution in [-0.4, -0.2) is 23.9 Å². The predicted octanol–water partition coefficient (Wildman–Crippen LogP) is 2.08. The topological polar surface area (TPSA) is 46.3 Å². The van der Waals surface area contributed by atoms with Gasteiger partial charge in [-0.2, -0.15) is 0 Å². The second-order valence-electron chi connectivity index (χ2n) is 4.58. The molecule has 1 rings (SSSR count). The lowest BCUT2D eigenvalue weighted by molar-refractivity contribution is -0.131. The van der Waals surface area contributed by atoms with Crippen LogP contribution < -0.4 is 5.73 Å². The van der Waals surface area contributed by atoms with Crippen LogP contribution in [0.4, 0.5) is 0 Å². The Bertz CT molecular complexity index is 359. The molecule has 1 atom stereocenters. The molecular weight excluding hydrogens is 212 g/mol. The fraction of sp³-hybridized carbons (Fsp3) is 0.500. The van der Waals surface area contributed by atoms with Gasteiger partial charge in [-0.05, 0) is 18.9 Å². The number of aryl methyl sites for hydroxylation is 1. The number of hydrogen-bond donors (Lipinski definition) is 1. The Kier molecular flexibility index (Phi) is 5.16. The van der Waals surface area contributed by atoms with Crippen molar-refractivity contribution < 1.29 is 4.79 Å². The summed E-state index contributed by atoms with van der Waals surface area (Å²) >= 11 is 0. The summed E-state index contributed by atoms with van der Waals surface area (Å²) < 4.78 is 0. The third-order valence-corrected chi connectivity index (χ3v) is 2.83. The van der Waals surface area contributed by atoms with E-state index in [-0.39, 0.29) is 11.9 Å². The molecule has 0 heterocycles. The van der Waals surface area contributed by atoms with Crippen LogP contribution in [0, 0.1) is 6.92 Å². The third kappa shape index (κ3) is 4.19. The molecule has 3 heteroatoms. The van der Waals surface area contributed by atoms with Crippen LogP contribution >= 0.6 is 0 Å². The van der Waals surface area contributed by atoms with Crippen molar-refractivity contribution in [1.29, 1.82) is 0 Å². The Balaban J connectivity index is 2.56. The number of nitrogens with zero attached hydrogens (tertiary/aromatic N) is 1. The molecule has 1 amide bonds. The third-order valence-electron chi connectivity index (χ3n) is 2.83. The summed E-state index contributed by atoms with van der Waals surface area (Å²) in [6.45, 7) is 4.71. The minimum absolute atomic E-state index is 0.0208. The van der Waals surface area contributed by atoms with Crippen molar-refractivity contribution in [2.24, 2.45) is 5.73 Å². The van der Waals surface area contributed by atoms with Crippen LogP contribution in [0.3, 0.4) is 0 Å². The van der Waals surface area contributed by atoms with Gasteiger partial charge in [-0.3, -0.25) is 4.79 Å². The highest BCUT2D eigenvalue weighted by molar-refractivity contribution is 5.81. The fourth-order valence-electron chi connectivity index (χ4n) is 1.76. The van der Waals surface area contributed by atoms with Crippen molar-refractivity contribution in [2.45, 2.75) is 39.3 Å². The Hall–Kier alpha value is -1.35. The first kappa shape index (κ1) is 13.7. The molecule has 0 saturated carbocycles. The van der Waals surface area contributed by atoms with Crippen molar-refractivity contribution in [3.63, 3.8) is 0 Å². The Morgan fingerprint density at radius 2 is 1.94 bits per heavy atom. The summed E-state index contributed by atoms with van der Waals surface area (Å²) in [6, 6.07) is 7.84. The second-order valence-corrected chi connectivity index (χ2v) is 4.58. The van der Waals surface area contributed by atoms with E-state index in [4.69, 9.17) is 5.73 Å². The van der Waals surface area contributed by atoms with Gasteiger partial charge < -0.3 is 10.6 Å². The van der Waals surface area contributed by atoms with E-state index in [1.165, 1.54) is 5.56 Å². The molecule has 0 saturated heterocycles. The summed E-state index contributed by atoms with van der Waals surface area (Å²) in [7, 11) is 1.80. The number of carbonyl (C=O) groups excluding carboxylic acids is 1. The number of likely N-dealkylation sites (N-methyl/N-ethyl adjacent to an activating group) is 1. The number of hydrogen-bond acceptors (Lipinski definition) is 2. The molecule has 3 nitrogen and oxygen atoms in total. The lowest BCUT2D eigenvalue weighted by Crippen LogP contribution is -2.41. The van der Waals surface area contributed by atoms with Crippen molar-refractivity contribution in [2.75, 3.05) is 7.05 Å². The number of benzene rings is 1. The molecule has 0 aliphatic carbocycles. The van der Waals surface area contributed by atoms with Crippen molar-refractivity contribution in [3.8, 4) is 0 Å². The zero-order chi connectivity index (χ0) is 12.8. The van der Waals surface area contributed by atoms with E-state index < -0.39 is 0 Å². The molecule has 0 aliphatic rings. The first-order chi connectivity index (χ1) is 8.04. The molecular formula is C14H22N2O. The molecule has 1 aromatic carbocycles. The van der Waals surface area contributed by atoms with Crippen LogP contribution in [-0.2, 0) is 11.3 Å². The van der Waals surface area contributed by atoms with Gasteiger partial charge in [0, 0.05) is 13.6 Å². The lowest BCUT2D eigenvalue weighted by Gasteiger charge is -2.21. The minimum Gasteiger partial charge on any atom is -0.340 e. The maximum Gasteiger partial charge on any atom is 0.239 e. The number of amides is 1. The summed E-state index contributed by atoms with van der Waals surface area (Å²) in [5.41, 5.74) is 8.18. The highest BCUT2D eigenvalue weighted by Crippen LogP contribution is 2.07. The molecule has 0 unspecified atom stereocenters. The average molecular weight is 234 g/mol. The van der Waals surface area contributed by atoms with E-state index in [0.717, 1.165) is 18.4 Å². The molecule has 0 radical (unpaired) electrons. The largest absolute Gasteiger partial charge is 0.340 e. The van der Waals surface area contributed by atoms with Crippen molar-refractivity contribution >= 4 is 5.91 Å². The highest BCUT2D eigenvalue weighted by atomic mass is 16.2. The van der Waals surface area contributed by atoms with E-state index in [9.17, 15) is 4.79 Å². The van der Waals surface area contributed by atoms with E-state index in [2.05, 4.69) is 19.1 Å². The number of nitrogens with two attached hydrogens (primary N) is 1. The lowest BCUT2D eigenvalue weighted by atomic mass is 10.1. The van der Waals surface area contributed by atoms with Crippen LogP contribution in [0.2, 0.25) is 0 Å². The van der Waals surface area contributed by atoms with Gasteiger partial charge in [0.25, 0.3) is 0 Å². The fourth-order valence-corrected chi connectivity index (χ4v) is 1.76. The summed E-state index contributed by atoms with van der Waals surface area (Å²) in [4.78, 5) is 13.6. The van der Waals surface area contributed by atoms with Gasteiger partial charge in [-0.1, -0.05) is 43.2 Å².